The van der Waals surface area contributed by atoms with E-state index in [1.165, 1.54) is 12.1 Å². The second kappa shape index (κ2) is 7.59. The van der Waals surface area contributed by atoms with Crippen molar-refractivity contribution >= 4 is 21.9 Å². The first-order chi connectivity index (χ1) is 11.0. The van der Waals surface area contributed by atoms with Gasteiger partial charge < -0.3 is 4.74 Å². The number of fused-ring (bicyclic) bond motifs is 1. The van der Waals surface area contributed by atoms with Gasteiger partial charge in [0, 0.05) is 13.0 Å². The molecular weight excluding hydrogens is 318 g/mol. The normalized spacial score (nSPS) is 15.5. The fourth-order valence-electron chi connectivity index (χ4n) is 2.56. The van der Waals surface area contributed by atoms with Crippen molar-refractivity contribution in [3.05, 3.63) is 29.8 Å². The number of unbranched alkanes of at least 4 members (excludes halogenated alkanes) is 3. The average Bonchev–Trinajstić information content (AvgIpc) is 2.71. The van der Waals surface area contributed by atoms with Crippen molar-refractivity contribution < 1.29 is 22.7 Å². The van der Waals surface area contributed by atoms with Crippen LogP contribution < -0.4 is 0 Å². The van der Waals surface area contributed by atoms with Crippen molar-refractivity contribution in [1.82, 2.24) is 4.31 Å². The molecule has 23 heavy (non-hydrogen) atoms. The van der Waals surface area contributed by atoms with E-state index in [0.717, 1.165) is 17.1 Å². The molecule has 0 spiro atoms. The molecule has 0 aliphatic carbocycles. The summed E-state index contributed by atoms with van der Waals surface area (Å²) in [5.74, 6) is -0.660. The van der Waals surface area contributed by atoms with Crippen LogP contribution in [0.25, 0.3) is 0 Å². The summed E-state index contributed by atoms with van der Waals surface area (Å²) in [7, 11) is -3.70. The Labute approximate surface area is 136 Å². The van der Waals surface area contributed by atoms with E-state index in [9.17, 15) is 18.0 Å². The topological polar surface area (TPSA) is 80.8 Å². The second-order valence-corrected chi connectivity index (χ2v) is 7.18. The number of rotatable bonds is 8. The van der Waals surface area contributed by atoms with Gasteiger partial charge in [-0.15, -0.1) is 0 Å². The maximum Gasteiger partial charge on any atom is 0.305 e. The Morgan fingerprint density at radius 3 is 2.52 bits per heavy atom. The lowest BCUT2D eigenvalue weighted by molar-refractivity contribution is -0.143. The highest BCUT2D eigenvalue weighted by Crippen LogP contribution is 2.30. The molecule has 0 atom stereocenters. The fourth-order valence-corrected chi connectivity index (χ4v) is 4.17. The highest BCUT2D eigenvalue weighted by Gasteiger charge is 2.40. The van der Waals surface area contributed by atoms with Gasteiger partial charge in [-0.2, -0.15) is 0 Å². The number of nitrogens with zero attached hydrogens (tertiary/aromatic N) is 1. The molecule has 1 aromatic rings. The molecule has 0 saturated carbocycles. The standard InChI is InChI=1S/C16H21NO5S/c1-2-22-15(18)11-5-3-4-8-12-17-16(19)13-9-6-7-10-14(13)23(17,20)21/h6-7,9-10H,2-5,8,11-12H2,1H3. The van der Waals surface area contributed by atoms with Gasteiger partial charge in [0.2, 0.25) is 0 Å². The molecule has 1 amide bonds. The van der Waals surface area contributed by atoms with Crippen LogP contribution >= 0.6 is 0 Å². The Morgan fingerprint density at radius 2 is 1.83 bits per heavy atom. The van der Waals surface area contributed by atoms with E-state index in [1.54, 1.807) is 19.1 Å². The lowest BCUT2D eigenvalue weighted by Gasteiger charge is -2.14. The van der Waals surface area contributed by atoms with Gasteiger partial charge in [-0.3, -0.25) is 9.59 Å². The molecule has 6 nitrogen and oxygen atoms in total. The number of sulfonamides is 1. The van der Waals surface area contributed by atoms with Crippen LogP contribution in [0.3, 0.4) is 0 Å². The van der Waals surface area contributed by atoms with E-state index in [1.807, 2.05) is 0 Å². The maximum atomic E-state index is 12.3. The minimum atomic E-state index is -3.70. The summed E-state index contributed by atoms with van der Waals surface area (Å²) >= 11 is 0. The smallest absolute Gasteiger partial charge is 0.305 e. The van der Waals surface area contributed by atoms with Crippen molar-refractivity contribution in [2.45, 2.75) is 43.9 Å². The van der Waals surface area contributed by atoms with E-state index in [2.05, 4.69) is 0 Å². The number of benzene rings is 1. The number of esters is 1. The van der Waals surface area contributed by atoms with E-state index in [4.69, 9.17) is 4.74 Å². The van der Waals surface area contributed by atoms with Crippen molar-refractivity contribution in [3.63, 3.8) is 0 Å². The highest BCUT2D eigenvalue weighted by atomic mass is 32.2. The molecule has 0 bridgehead atoms. The monoisotopic (exact) mass is 339 g/mol. The lowest BCUT2D eigenvalue weighted by atomic mass is 10.1. The van der Waals surface area contributed by atoms with Gasteiger partial charge in [0.15, 0.2) is 0 Å². The number of amides is 1. The molecule has 0 aromatic heterocycles. The zero-order chi connectivity index (χ0) is 16.9. The summed E-state index contributed by atoms with van der Waals surface area (Å²) in [6, 6.07) is 6.27. The number of carbonyl (C=O) groups excluding carboxylic acids is 2. The Bertz CT molecular complexity index is 683. The van der Waals surface area contributed by atoms with E-state index >= 15 is 0 Å². The van der Waals surface area contributed by atoms with Crippen LogP contribution in [0.4, 0.5) is 0 Å². The third-order valence-electron chi connectivity index (χ3n) is 3.71. The number of hydrogen-bond donors (Lipinski definition) is 0. The summed E-state index contributed by atoms with van der Waals surface area (Å²) in [5.41, 5.74) is 0.245. The van der Waals surface area contributed by atoms with Gasteiger partial charge >= 0.3 is 5.97 Å². The first kappa shape index (κ1) is 17.5. The summed E-state index contributed by atoms with van der Waals surface area (Å²) in [6.45, 7) is 2.33. The average molecular weight is 339 g/mol. The molecule has 2 rings (SSSR count). The van der Waals surface area contributed by atoms with Gasteiger partial charge in [0.1, 0.15) is 4.90 Å². The van der Waals surface area contributed by atoms with Crippen LogP contribution in [0, 0.1) is 0 Å². The molecule has 1 aromatic carbocycles. The minimum Gasteiger partial charge on any atom is -0.466 e. The predicted octanol–water partition coefficient (Wildman–Crippen LogP) is 2.34. The van der Waals surface area contributed by atoms with E-state index in [0.29, 0.717) is 25.9 Å². The van der Waals surface area contributed by atoms with Gasteiger partial charge in [0.25, 0.3) is 15.9 Å². The lowest BCUT2D eigenvalue weighted by Crippen LogP contribution is -2.30. The van der Waals surface area contributed by atoms with E-state index in [-0.39, 0.29) is 23.0 Å². The molecular formula is C16H21NO5S. The first-order valence-corrected chi connectivity index (χ1v) is 9.24. The van der Waals surface area contributed by atoms with E-state index < -0.39 is 15.9 Å². The Morgan fingerprint density at radius 1 is 1.13 bits per heavy atom. The van der Waals surface area contributed by atoms with Crippen molar-refractivity contribution in [2.24, 2.45) is 0 Å². The molecule has 0 radical (unpaired) electrons. The summed E-state index contributed by atoms with van der Waals surface area (Å²) in [6.07, 6.45) is 3.23. The van der Waals surface area contributed by atoms with Crippen molar-refractivity contribution in [3.8, 4) is 0 Å². The molecule has 0 saturated heterocycles. The predicted molar refractivity (Wildman–Crippen MR) is 84.4 cm³/mol. The van der Waals surface area contributed by atoms with Crippen LogP contribution in [0.1, 0.15) is 49.4 Å². The Kier molecular flexibility index (Phi) is 5.76. The molecule has 1 aliphatic rings. The van der Waals surface area contributed by atoms with Gasteiger partial charge in [-0.1, -0.05) is 25.0 Å². The third-order valence-corrected chi connectivity index (χ3v) is 5.55. The van der Waals surface area contributed by atoms with Crippen LogP contribution in [-0.4, -0.2) is 37.8 Å². The molecule has 1 heterocycles. The van der Waals surface area contributed by atoms with Crippen LogP contribution in [0.2, 0.25) is 0 Å². The Hall–Kier alpha value is -1.89. The SMILES string of the molecule is CCOC(=O)CCCCCCN1C(=O)c2ccccc2S1(=O)=O. The molecule has 1 aliphatic heterocycles. The molecule has 0 fully saturated rings. The third kappa shape index (κ3) is 3.90. The first-order valence-electron chi connectivity index (χ1n) is 7.80. The molecule has 0 N–H and O–H groups in total. The largest absolute Gasteiger partial charge is 0.466 e. The Balaban J connectivity index is 1.79. The van der Waals surface area contributed by atoms with Crippen molar-refractivity contribution in [1.29, 1.82) is 0 Å². The maximum absolute atomic E-state index is 12.3. The number of ether oxygens (including phenoxy) is 1. The second-order valence-electron chi connectivity index (χ2n) is 5.35. The van der Waals surface area contributed by atoms with Crippen molar-refractivity contribution in [2.75, 3.05) is 13.2 Å². The molecule has 126 valence electrons. The zero-order valence-electron chi connectivity index (χ0n) is 13.2. The zero-order valence-corrected chi connectivity index (χ0v) is 14.0. The molecule has 0 unspecified atom stereocenters. The van der Waals surface area contributed by atoms with Gasteiger partial charge in [-0.25, -0.2) is 12.7 Å². The highest BCUT2D eigenvalue weighted by molar-refractivity contribution is 7.90. The minimum absolute atomic E-state index is 0.0901. The number of hydrogen-bond acceptors (Lipinski definition) is 5. The number of carbonyl (C=O) groups is 2. The molecule has 7 heteroatoms. The quantitative estimate of drug-likeness (QED) is 0.536. The van der Waals surface area contributed by atoms with Crippen LogP contribution in [0.15, 0.2) is 29.2 Å². The summed E-state index contributed by atoms with van der Waals surface area (Å²) < 4.78 is 30.4. The van der Waals surface area contributed by atoms with Gasteiger partial charge in [0.05, 0.1) is 12.2 Å². The fraction of sp³-hybridized carbons (Fsp3) is 0.500. The van der Waals surface area contributed by atoms with Crippen LogP contribution in [-0.2, 0) is 19.6 Å². The van der Waals surface area contributed by atoms with Crippen LogP contribution in [0.5, 0.6) is 0 Å². The summed E-state index contributed by atoms with van der Waals surface area (Å²) in [5, 5.41) is 0. The summed E-state index contributed by atoms with van der Waals surface area (Å²) in [4.78, 5) is 23.5. The van der Waals surface area contributed by atoms with Gasteiger partial charge in [-0.05, 0) is 31.9 Å².